The Labute approximate surface area is 216 Å². The van der Waals surface area contributed by atoms with Crippen molar-refractivity contribution in [1.82, 2.24) is 15.1 Å². The zero-order valence-electron chi connectivity index (χ0n) is 20.2. The fourth-order valence-corrected chi connectivity index (χ4v) is 5.17. The Kier molecular flexibility index (Phi) is 8.21. The van der Waals surface area contributed by atoms with E-state index in [0.717, 1.165) is 5.56 Å². The van der Waals surface area contributed by atoms with Gasteiger partial charge in [-0.15, -0.1) is 0 Å². The molecular weight excluding hydrogens is 478 g/mol. The number of carbonyl (C=O) groups is 4. The smallest absolute Gasteiger partial charge is 0.242 e. The summed E-state index contributed by atoms with van der Waals surface area (Å²) in [7, 11) is 1.54. The number of likely N-dealkylation sites (tertiary alicyclic amines) is 1. The van der Waals surface area contributed by atoms with E-state index < -0.39 is 6.04 Å². The van der Waals surface area contributed by atoms with Gasteiger partial charge < -0.3 is 10.2 Å². The van der Waals surface area contributed by atoms with Crippen LogP contribution in [0.3, 0.4) is 0 Å². The molecule has 0 bridgehead atoms. The van der Waals surface area contributed by atoms with Crippen LogP contribution in [0.25, 0.3) is 0 Å². The number of nitrogens with one attached hydrogen (secondary N) is 1. The van der Waals surface area contributed by atoms with Crippen LogP contribution in [0.1, 0.15) is 30.4 Å². The summed E-state index contributed by atoms with van der Waals surface area (Å²) in [6.45, 7) is 0.120. The van der Waals surface area contributed by atoms with Crippen molar-refractivity contribution in [1.29, 1.82) is 0 Å². The summed E-state index contributed by atoms with van der Waals surface area (Å²) in [6, 6.07) is 15.9. The Morgan fingerprint density at radius 2 is 1.61 bits per heavy atom. The number of imide groups is 1. The van der Waals surface area contributed by atoms with Crippen LogP contribution >= 0.6 is 11.6 Å². The first-order valence-electron chi connectivity index (χ1n) is 12.2. The highest BCUT2D eigenvalue weighted by molar-refractivity contribution is 6.31. The van der Waals surface area contributed by atoms with Crippen molar-refractivity contribution in [3.8, 4) is 0 Å². The highest BCUT2D eigenvalue weighted by Gasteiger charge is 2.47. The summed E-state index contributed by atoms with van der Waals surface area (Å²) < 4.78 is 0. The maximum Gasteiger partial charge on any atom is 0.242 e. The van der Waals surface area contributed by atoms with Gasteiger partial charge in [0.25, 0.3) is 0 Å². The van der Waals surface area contributed by atoms with Crippen molar-refractivity contribution in [2.75, 3.05) is 13.6 Å². The van der Waals surface area contributed by atoms with Gasteiger partial charge in [0.2, 0.25) is 23.6 Å². The molecule has 0 spiro atoms. The van der Waals surface area contributed by atoms with Crippen molar-refractivity contribution in [2.24, 2.45) is 11.8 Å². The molecule has 0 radical (unpaired) electrons. The molecule has 4 amide bonds. The Balaban J connectivity index is 1.57. The number of hydrogen-bond donors (Lipinski definition) is 1. The van der Waals surface area contributed by atoms with Gasteiger partial charge in [-0.3, -0.25) is 24.1 Å². The van der Waals surface area contributed by atoms with Crippen LogP contribution < -0.4 is 5.32 Å². The second-order valence-corrected chi connectivity index (χ2v) is 9.57. The van der Waals surface area contributed by atoms with E-state index in [1.165, 1.54) is 16.8 Å². The minimum Gasteiger partial charge on any atom is -0.357 e. The molecule has 0 aromatic heterocycles. The van der Waals surface area contributed by atoms with Gasteiger partial charge in [0.05, 0.1) is 11.8 Å². The van der Waals surface area contributed by atoms with Crippen molar-refractivity contribution in [3.63, 3.8) is 0 Å². The first kappa shape index (κ1) is 25.6. The highest BCUT2D eigenvalue weighted by Crippen LogP contribution is 2.35. The van der Waals surface area contributed by atoms with Gasteiger partial charge in [-0.2, -0.15) is 0 Å². The summed E-state index contributed by atoms with van der Waals surface area (Å²) in [6.07, 6.45) is 5.21. The van der Waals surface area contributed by atoms with Crippen molar-refractivity contribution in [2.45, 2.75) is 38.3 Å². The number of nitrogens with zero attached hydrogens (tertiary/aromatic N) is 2. The molecule has 2 aliphatic rings. The number of halogens is 1. The molecule has 7 nitrogen and oxygen atoms in total. The normalized spacial score (nSPS) is 19.7. The third-order valence-electron chi connectivity index (χ3n) is 6.96. The molecule has 3 atom stereocenters. The Morgan fingerprint density at radius 1 is 1.00 bits per heavy atom. The zero-order chi connectivity index (χ0) is 25.7. The van der Waals surface area contributed by atoms with E-state index in [0.29, 0.717) is 29.8 Å². The van der Waals surface area contributed by atoms with Gasteiger partial charge >= 0.3 is 0 Å². The van der Waals surface area contributed by atoms with Crippen molar-refractivity contribution < 1.29 is 19.2 Å². The standard InChI is InChI=1S/C28H30ClN3O4/c1-30-26(34)24(17-19-9-3-2-4-10-19)32(18-20-11-5-8-14-23(20)29)25(33)15-16-31-27(35)21-12-6-7-13-22(21)28(31)36/h2-11,14,21-22,24H,12-13,15-18H2,1H3,(H,30,34)/t21-,22+,24?. The Hall–Kier alpha value is -3.45. The van der Waals surface area contributed by atoms with Crippen LogP contribution in [-0.2, 0) is 32.1 Å². The lowest BCUT2D eigenvalue weighted by atomic mass is 9.85. The van der Waals surface area contributed by atoms with Crippen molar-refractivity contribution >= 4 is 35.2 Å². The number of amides is 4. The van der Waals surface area contributed by atoms with E-state index >= 15 is 0 Å². The fourth-order valence-electron chi connectivity index (χ4n) is 4.97. The topological polar surface area (TPSA) is 86.8 Å². The number of benzene rings is 2. The first-order valence-corrected chi connectivity index (χ1v) is 12.6. The van der Waals surface area contributed by atoms with Gasteiger partial charge in [-0.05, 0) is 30.0 Å². The lowest BCUT2D eigenvalue weighted by Gasteiger charge is -2.32. The third kappa shape index (κ3) is 5.51. The molecule has 1 heterocycles. The van der Waals surface area contributed by atoms with Crippen molar-refractivity contribution in [3.05, 3.63) is 82.9 Å². The number of carbonyl (C=O) groups excluding carboxylic acids is 4. The number of hydrogen-bond acceptors (Lipinski definition) is 4. The van der Waals surface area contributed by atoms with Gasteiger partial charge in [-0.25, -0.2) is 0 Å². The van der Waals surface area contributed by atoms with Gasteiger partial charge in [0.15, 0.2) is 0 Å². The molecular formula is C28H30ClN3O4. The average molecular weight is 508 g/mol. The number of rotatable bonds is 9. The molecule has 188 valence electrons. The predicted molar refractivity (Wildman–Crippen MR) is 137 cm³/mol. The Bertz CT molecular complexity index is 1140. The third-order valence-corrected chi connectivity index (χ3v) is 7.33. The predicted octanol–water partition coefficient (Wildman–Crippen LogP) is 3.37. The summed E-state index contributed by atoms with van der Waals surface area (Å²) in [5, 5.41) is 3.17. The SMILES string of the molecule is CNC(=O)C(Cc1ccccc1)N(Cc1ccccc1Cl)C(=O)CCN1C(=O)[C@H]2CC=CC[C@H]2C1=O. The maximum atomic E-state index is 13.6. The minimum atomic E-state index is -0.794. The highest BCUT2D eigenvalue weighted by atomic mass is 35.5. The molecule has 2 aromatic rings. The molecule has 1 saturated heterocycles. The molecule has 0 saturated carbocycles. The number of likely N-dealkylation sites (N-methyl/N-ethyl adjacent to an activating group) is 1. The monoisotopic (exact) mass is 507 g/mol. The van der Waals surface area contributed by atoms with Crippen LogP contribution in [0.4, 0.5) is 0 Å². The molecule has 4 rings (SSSR count). The minimum absolute atomic E-state index is 0.00563. The van der Waals surface area contributed by atoms with E-state index in [-0.39, 0.29) is 55.0 Å². The van der Waals surface area contributed by atoms with E-state index in [2.05, 4.69) is 5.32 Å². The lowest BCUT2D eigenvalue weighted by molar-refractivity contribution is -0.144. The summed E-state index contributed by atoms with van der Waals surface area (Å²) >= 11 is 6.40. The molecule has 2 aromatic carbocycles. The van der Waals surface area contributed by atoms with Crippen LogP contribution in [0.15, 0.2) is 66.7 Å². The zero-order valence-corrected chi connectivity index (χ0v) is 21.0. The summed E-state index contributed by atoms with van der Waals surface area (Å²) in [5.74, 6) is -1.74. The second kappa shape index (κ2) is 11.5. The van der Waals surface area contributed by atoms with Gasteiger partial charge in [0, 0.05) is 38.0 Å². The Morgan fingerprint density at radius 3 is 2.22 bits per heavy atom. The van der Waals surface area contributed by atoms with Gasteiger partial charge in [-0.1, -0.05) is 72.3 Å². The van der Waals surface area contributed by atoms with E-state index in [1.807, 2.05) is 54.6 Å². The molecule has 36 heavy (non-hydrogen) atoms. The lowest BCUT2D eigenvalue weighted by Crippen LogP contribution is -2.50. The molecule has 1 fully saturated rings. The molecule has 1 aliphatic heterocycles. The maximum absolute atomic E-state index is 13.6. The van der Waals surface area contributed by atoms with E-state index in [4.69, 9.17) is 11.6 Å². The van der Waals surface area contributed by atoms with Gasteiger partial charge in [0.1, 0.15) is 6.04 Å². The summed E-state index contributed by atoms with van der Waals surface area (Å²) in [4.78, 5) is 55.1. The largest absolute Gasteiger partial charge is 0.357 e. The molecule has 1 N–H and O–H groups in total. The fraction of sp³-hybridized carbons (Fsp3) is 0.357. The number of allylic oxidation sites excluding steroid dienone is 2. The van der Waals surface area contributed by atoms with Crippen LogP contribution in [0, 0.1) is 11.8 Å². The molecule has 8 heteroatoms. The quantitative estimate of drug-likeness (QED) is 0.416. The second-order valence-electron chi connectivity index (χ2n) is 9.17. The van der Waals surface area contributed by atoms with E-state index in [9.17, 15) is 19.2 Å². The van der Waals surface area contributed by atoms with Crippen LogP contribution in [0.2, 0.25) is 5.02 Å². The van der Waals surface area contributed by atoms with E-state index in [1.54, 1.807) is 12.1 Å². The summed E-state index contributed by atoms with van der Waals surface area (Å²) in [5.41, 5.74) is 1.62. The molecule has 1 aliphatic carbocycles. The first-order chi connectivity index (χ1) is 17.4. The average Bonchev–Trinajstić information content (AvgIpc) is 3.15. The number of fused-ring (bicyclic) bond motifs is 1. The van der Waals surface area contributed by atoms with Crippen LogP contribution in [-0.4, -0.2) is 53.1 Å². The van der Waals surface area contributed by atoms with Crippen LogP contribution in [0.5, 0.6) is 0 Å². The molecule has 1 unspecified atom stereocenters.